The molecule has 3 heteroatoms. The van der Waals surface area contributed by atoms with E-state index in [0.29, 0.717) is 11.0 Å². The predicted octanol–water partition coefficient (Wildman–Crippen LogP) is 3.43. The highest BCUT2D eigenvalue weighted by molar-refractivity contribution is 5.54. The standard InChI is InChI=1S/C16H21N3/c1-2-18-15-13(11-17)9-12-10-16(6-3-4-7-16)8-5-14(12)19-15/h9H,2-8,10H2,1H3,(H,18,19). The Morgan fingerprint density at radius 2 is 2.16 bits per heavy atom. The molecule has 19 heavy (non-hydrogen) atoms. The van der Waals surface area contributed by atoms with Crippen molar-refractivity contribution in [1.29, 1.82) is 5.26 Å². The van der Waals surface area contributed by atoms with Gasteiger partial charge in [-0.25, -0.2) is 4.98 Å². The maximum absolute atomic E-state index is 9.27. The van der Waals surface area contributed by atoms with E-state index in [9.17, 15) is 5.26 Å². The summed E-state index contributed by atoms with van der Waals surface area (Å²) >= 11 is 0. The van der Waals surface area contributed by atoms with Crippen molar-refractivity contribution in [2.75, 3.05) is 11.9 Å². The molecule has 2 aliphatic rings. The lowest BCUT2D eigenvalue weighted by atomic mass is 9.71. The fourth-order valence-electron chi connectivity index (χ4n) is 3.78. The van der Waals surface area contributed by atoms with E-state index in [-0.39, 0.29) is 0 Å². The van der Waals surface area contributed by atoms with Crippen LogP contribution in [0, 0.1) is 16.7 Å². The highest BCUT2D eigenvalue weighted by atomic mass is 15.0. The monoisotopic (exact) mass is 255 g/mol. The van der Waals surface area contributed by atoms with Crippen LogP contribution in [0.3, 0.4) is 0 Å². The highest BCUT2D eigenvalue weighted by Crippen LogP contribution is 2.47. The van der Waals surface area contributed by atoms with Crippen molar-refractivity contribution in [1.82, 2.24) is 4.98 Å². The van der Waals surface area contributed by atoms with Crippen LogP contribution in [0.25, 0.3) is 0 Å². The fraction of sp³-hybridized carbons (Fsp3) is 0.625. The first kappa shape index (κ1) is 12.5. The molecule has 0 aliphatic heterocycles. The Labute approximate surface area is 115 Å². The van der Waals surface area contributed by atoms with E-state index in [1.807, 2.05) is 6.92 Å². The maximum atomic E-state index is 9.27. The Bertz CT molecular complexity index is 522. The normalized spacial score (nSPS) is 20.0. The number of hydrogen-bond acceptors (Lipinski definition) is 3. The second-order valence-electron chi connectivity index (χ2n) is 6.02. The number of nitrogens with one attached hydrogen (secondary N) is 1. The molecule has 0 saturated heterocycles. The number of aromatic nitrogens is 1. The van der Waals surface area contributed by atoms with Crippen molar-refractivity contribution in [3.63, 3.8) is 0 Å². The summed E-state index contributed by atoms with van der Waals surface area (Å²) in [5.74, 6) is 0.770. The molecular formula is C16H21N3. The second kappa shape index (κ2) is 4.85. The van der Waals surface area contributed by atoms with Crippen LogP contribution in [0.15, 0.2) is 6.07 Å². The van der Waals surface area contributed by atoms with Crippen LogP contribution >= 0.6 is 0 Å². The van der Waals surface area contributed by atoms with E-state index >= 15 is 0 Å². The van der Waals surface area contributed by atoms with Gasteiger partial charge in [0.05, 0.1) is 5.56 Å². The van der Waals surface area contributed by atoms with Gasteiger partial charge in [-0.05, 0) is 56.1 Å². The summed E-state index contributed by atoms with van der Waals surface area (Å²) in [4.78, 5) is 4.69. The van der Waals surface area contributed by atoms with Gasteiger partial charge in [-0.15, -0.1) is 0 Å². The first-order valence-corrected chi connectivity index (χ1v) is 7.43. The molecule has 1 N–H and O–H groups in total. The van der Waals surface area contributed by atoms with Crippen molar-refractivity contribution < 1.29 is 0 Å². The summed E-state index contributed by atoms with van der Waals surface area (Å²) in [6.45, 7) is 2.85. The molecule has 3 nitrogen and oxygen atoms in total. The lowest BCUT2D eigenvalue weighted by Gasteiger charge is -2.34. The van der Waals surface area contributed by atoms with Gasteiger partial charge in [0, 0.05) is 12.2 Å². The molecule has 100 valence electrons. The third kappa shape index (κ3) is 2.20. The fourth-order valence-corrected chi connectivity index (χ4v) is 3.78. The van der Waals surface area contributed by atoms with Crippen LogP contribution in [0.1, 0.15) is 55.8 Å². The maximum Gasteiger partial charge on any atom is 0.144 e. The van der Waals surface area contributed by atoms with Gasteiger partial charge >= 0.3 is 0 Å². The van der Waals surface area contributed by atoms with Crippen molar-refractivity contribution in [2.24, 2.45) is 5.41 Å². The first-order valence-electron chi connectivity index (χ1n) is 7.43. The molecule has 2 aliphatic carbocycles. The summed E-state index contributed by atoms with van der Waals surface area (Å²) < 4.78 is 0. The van der Waals surface area contributed by atoms with Gasteiger partial charge in [0.2, 0.25) is 0 Å². The summed E-state index contributed by atoms with van der Waals surface area (Å²) in [5, 5.41) is 12.5. The third-order valence-corrected chi connectivity index (χ3v) is 4.78. The molecule has 0 atom stereocenters. The van der Waals surface area contributed by atoms with Crippen LogP contribution < -0.4 is 5.32 Å². The van der Waals surface area contributed by atoms with Gasteiger partial charge in [-0.1, -0.05) is 12.8 Å². The molecule has 1 fully saturated rings. The third-order valence-electron chi connectivity index (χ3n) is 4.78. The minimum absolute atomic E-state index is 0.529. The van der Waals surface area contributed by atoms with Crippen molar-refractivity contribution in [3.05, 3.63) is 22.9 Å². The van der Waals surface area contributed by atoms with E-state index in [4.69, 9.17) is 4.98 Å². The quantitative estimate of drug-likeness (QED) is 0.880. The number of aryl methyl sites for hydroxylation is 1. The van der Waals surface area contributed by atoms with Gasteiger partial charge < -0.3 is 5.32 Å². The summed E-state index contributed by atoms with van der Waals surface area (Å²) in [6, 6.07) is 4.37. The van der Waals surface area contributed by atoms with Gasteiger partial charge in [0.1, 0.15) is 11.9 Å². The number of hydrogen-bond donors (Lipinski definition) is 1. The van der Waals surface area contributed by atoms with Crippen LogP contribution in [0.4, 0.5) is 5.82 Å². The van der Waals surface area contributed by atoms with Gasteiger partial charge in [-0.3, -0.25) is 0 Å². The minimum Gasteiger partial charge on any atom is -0.369 e. The molecule has 1 saturated carbocycles. The van der Waals surface area contributed by atoms with Crippen molar-refractivity contribution in [3.8, 4) is 6.07 Å². The summed E-state index contributed by atoms with van der Waals surface area (Å²) in [5.41, 5.74) is 3.77. The predicted molar refractivity (Wildman–Crippen MR) is 76.0 cm³/mol. The van der Waals surface area contributed by atoms with E-state index in [2.05, 4.69) is 17.5 Å². The topological polar surface area (TPSA) is 48.7 Å². The summed E-state index contributed by atoms with van der Waals surface area (Å²) in [6.07, 6.45) is 8.99. The lowest BCUT2D eigenvalue weighted by molar-refractivity contribution is 0.253. The van der Waals surface area contributed by atoms with Crippen LogP contribution in [-0.2, 0) is 12.8 Å². The second-order valence-corrected chi connectivity index (χ2v) is 6.02. The molecule has 0 bridgehead atoms. The zero-order valence-electron chi connectivity index (χ0n) is 11.6. The van der Waals surface area contributed by atoms with Crippen LogP contribution in [-0.4, -0.2) is 11.5 Å². The molecule has 0 unspecified atom stereocenters. The molecule has 1 spiro atoms. The SMILES string of the molecule is CCNc1nc2c(cc1C#N)CC1(CCCC1)CC2. The van der Waals surface area contributed by atoms with Gasteiger partial charge in [-0.2, -0.15) is 5.26 Å². The van der Waals surface area contributed by atoms with E-state index < -0.39 is 0 Å². The lowest BCUT2D eigenvalue weighted by Crippen LogP contribution is -2.27. The molecule has 0 amide bonds. The number of nitrogens with zero attached hydrogens (tertiary/aromatic N) is 2. The van der Waals surface area contributed by atoms with Crippen LogP contribution in [0.2, 0.25) is 0 Å². The molecular weight excluding hydrogens is 234 g/mol. The molecule has 3 rings (SSSR count). The minimum atomic E-state index is 0.529. The Hall–Kier alpha value is -1.56. The number of anilines is 1. The zero-order chi connectivity index (χ0) is 13.3. The largest absolute Gasteiger partial charge is 0.369 e. The van der Waals surface area contributed by atoms with E-state index in [0.717, 1.165) is 25.2 Å². The molecule has 1 aromatic rings. The van der Waals surface area contributed by atoms with Crippen molar-refractivity contribution in [2.45, 2.75) is 51.9 Å². The molecule has 1 heterocycles. The van der Waals surface area contributed by atoms with Crippen molar-refractivity contribution >= 4 is 5.82 Å². The Balaban J connectivity index is 1.95. The smallest absolute Gasteiger partial charge is 0.144 e. The van der Waals surface area contributed by atoms with E-state index in [1.165, 1.54) is 43.4 Å². The average Bonchev–Trinajstić information content (AvgIpc) is 2.87. The number of pyridine rings is 1. The average molecular weight is 255 g/mol. The molecule has 1 aromatic heterocycles. The highest BCUT2D eigenvalue weighted by Gasteiger charge is 2.37. The molecule has 0 aromatic carbocycles. The first-order chi connectivity index (χ1) is 9.26. The van der Waals surface area contributed by atoms with E-state index in [1.54, 1.807) is 0 Å². The Kier molecular flexibility index (Phi) is 3.18. The van der Waals surface area contributed by atoms with Gasteiger partial charge in [0.25, 0.3) is 0 Å². The number of rotatable bonds is 2. The molecule has 0 radical (unpaired) electrons. The summed E-state index contributed by atoms with van der Waals surface area (Å²) in [7, 11) is 0. The Morgan fingerprint density at radius 3 is 2.84 bits per heavy atom. The zero-order valence-corrected chi connectivity index (χ0v) is 11.6. The Morgan fingerprint density at radius 1 is 1.37 bits per heavy atom. The van der Waals surface area contributed by atoms with Gasteiger partial charge in [0.15, 0.2) is 0 Å². The number of nitriles is 1. The number of fused-ring (bicyclic) bond motifs is 1. The van der Waals surface area contributed by atoms with Crippen LogP contribution in [0.5, 0.6) is 0 Å².